The quantitative estimate of drug-likeness (QED) is 0.886. The van der Waals surface area contributed by atoms with Crippen LogP contribution < -0.4 is 0 Å². The average Bonchev–Trinajstić information content (AvgIpc) is 2.86. The zero-order chi connectivity index (χ0) is 14.8. The minimum Gasteiger partial charge on any atom is -0.342 e. The van der Waals surface area contributed by atoms with E-state index in [1.54, 1.807) is 0 Å². The maximum Gasteiger partial charge on any atom is 0.233 e. The molecule has 1 saturated heterocycles. The Morgan fingerprint density at radius 1 is 1.52 bits per heavy atom. The molecule has 1 aromatic heterocycles. The highest BCUT2D eigenvalue weighted by molar-refractivity contribution is 7.99. The van der Waals surface area contributed by atoms with Gasteiger partial charge in [0.15, 0.2) is 5.16 Å². The van der Waals surface area contributed by atoms with Gasteiger partial charge in [-0.3, -0.25) is 4.79 Å². The topological polar surface area (TPSA) is 49.0 Å². The first-order valence-electron chi connectivity index (χ1n) is 7.49. The van der Waals surface area contributed by atoms with E-state index in [9.17, 15) is 4.79 Å². The van der Waals surface area contributed by atoms with Gasteiger partial charge < -0.3 is 9.88 Å². The van der Waals surface area contributed by atoms with Crippen molar-refractivity contribution >= 4 is 28.7 Å². The van der Waals surface area contributed by atoms with Crippen LogP contribution >= 0.6 is 11.8 Å². The Kier molecular flexibility index (Phi) is 4.19. The second-order valence-electron chi connectivity index (χ2n) is 5.94. The molecule has 1 aromatic carbocycles. The molecular weight excluding hydrogens is 282 g/mol. The molecule has 0 saturated carbocycles. The number of fused-ring (bicyclic) bond motifs is 1. The van der Waals surface area contributed by atoms with Crippen LogP contribution in [0.1, 0.15) is 25.3 Å². The van der Waals surface area contributed by atoms with Crippen LogP contribution in [0.4, 0.5) is 0 Å². The van der Waals surface area contributed by atoms with Crippen molar-refractivity contribution in [3.8, 4) is 0 Å². The van der Waals surface area contributed by atoms with E-state index in [1.165, 1.54) is 23.7 Å². The lowest BCUT2D eigenvalue weighted by molar-refractivity contribution is -0.130. The molecular formula is C16H21N3OS. The highest BCUT2D eigenvalue weighted by Crippen LogP contribution is 2.22. The molecule has 0 bridgehead atoms. The van der Waals surface area contributed by atoms with Crippen LogP contribution in [0.3, 0.4) is 0 Å². The first kappa shape index (κ1) is 14.4. The number of aromatic amines is 1. The summed E-state index contributed by atoms with van der Waals surface area (Å²) in [6, 6.07) is 6.15. The van der Waals surface area contributed by atoms with Gasteiger partial charge in [-0.25, -0.2) is 4.98 Å². The zero-order valence-corrected chi connectivity index (χ0v) is 13.4. The van der Waals surface area contributed by atoms with Crippen LogP contribution in [0, 0.1) is 12.8 Å². The van der Waals surface area contributed by atoms with E-state index in [-0.39, 0.29) is 5.91 Å². The molecule has 2 heterocycles. The third kappa shape index (κ3) is 3.40. The van der Waals surface area contributed by atoms with Crippen molar-refractivity contribution in [3.05, 3.63) is 23.8 Å². The summed E-state index contributed by atoms with van der Waals surface area (Å²) in [4.78, 5) is 22.1. The van der Waals surface area contributed by atoms with Crippen molar-refractivity contribution in [1.82, 2.24) is 14.9 Å². The molecule has 0 unspecified atom stereocenters. The van der Waals surface area contributed by atoms with Gasteiger partial charge in [0.05, 0.1) is 16.8 Å². The number of nitrogens with one attached hydrogen (secondary N) is 1. The molecule has 112 valence electrons. The second-order valence-corrected chi connectivity index (χ2v) is 6.90. The fraction of sp³-hybridized carbons (Fsp3) is 0.500. The number of nitrogens with zero attached hydrogens (tertiary/aromatic N) is 2. The van der Waals surface area contributed by atoms with Crippen molar-refractivity contribution in [3.63, 3.8) is 0 Å². The number of thioether (sulfide) groups is 1. The monoisotopic (exact) mass is 303 g/mol. The van der Waals surface area contributed by atoms with E-state index >= 15 is 0 Å². The van der Waals surface area contributed by atoms with E-state index in [2.05, 4.69) is 35.9 Å². The smallest absolute Gasteiger partial charge is 0.233 e. The van der Waals surface area contributed by atoms with Crippen molar-refractivity contribution in [2.75, 3.05) is 18.8 Å². The highest BCUT2D eigenvalue weighted by atomic mass is 32.2. The minimum absolute atomic E-state index is 0.225. The first-order chi connectivity index (χ1) is 10.1. The Balaban J connectivity index is 1.61. The summed E-state index contributed by atoms with van der Waals surface area (Å²) in [5.74, 6) is 1.32. The van der Waals surface area contributed by atoms with Gasteiger partial charge in [-0.1, -0.05) is 24.8 Å². The number of benzene rings is 1. The molecule has 4 nitrogen and oxygen atoms in total. The average molecular weight is 303 g/mol. The molecule has 2 aromatic rings. The number of imidazole rings is 1. The molecule has 3 rings (SSSR count). The number of amides is 1. The highest BCUT2D eigenvalue weighted by Gasteiger charge is 2.21. The standard InChI is InChI=1S/C16H21N3OS/c1-11-5-6-13-14(8-11)18-16(17-13)21-10-15(20)19-7-3-4-12(2)9-19/h5-6,8,12H,3-4,7,9-10H2,1-2H3,(H,17,18)/t12-/m0/s1. The largest absolute Gasteiger partial charge is 0.342 e. The van der Waals surface area contributed by atoms with Gasteiger partial charge in [0.1, 0.15) is 0 Å². The molecule has 0 radical (unpaired) electrons. The summed E-state index contributed by atoms with van der Waals surface area (Å²) < 4.78 is 0. The summed E-state index contributed by atoms with van der Waals surface area (Å²) in [6.07, 6.45) is 2.36. The summed E-state index contributed by atoms with van der Waals surface area (Å²) in [5.41, 5.74) is 3.21. The number of aromatic nitrogens is 2. The van der Waals surface area contributed by atoms with Crippen molar-refractivity contribution in [2.24, 2.45) is 5.92 Å². The zero-order valence-electron chi connectivity index (χ0n) is 12.6. The van der Waals surface area contributed by atoms with Gasteiger partial charge in [0, 0.05) is 13.1 Å². The molecule has 0 spiro atoms. The normalized spacial score (nSPS) is 19.1. The van der Waals surface area contributed by atoms with E-state index in [0.29, 0.717) is 11.7 Å². The maximum atomic E-state index is 12.2. The lowest BCUT2D eigenvalue weighted by Crippen LogP contribution is -2.40. The number of hydrogen-bond acceptors (Lipinski definition) is 3. The molecule has 1 fully saturated rings. The number of H-pyrrole nitrogens is 1. The van der Waals surface area contributed by atoms with Crippen molar-refractivity contribution < 1.29 is 4.79 Å². The van der Waals surface area contributed by atoms with Crippen LogP contribution in [0.15, 0.2) is 23.4 Å². The Hall–Kier alpha value is -1.49. The molecule has 5 heteroatoms. The third-order valence-electron chi connectivity index (χ3n) is 3.96. The van der Waals surface area contributed by atoms with Crippen LogP contribution in [0.5, 0.6) is 0 Å². The number of aryl methyl sites for hydroxylation is 1. The van der Waals surface area contributed by atoms with E-state index in [0.717, 1.165) is 35.7 Å². The molecule has 1 amide bonds. The van der Waals surface area contributed by atoms with E-state index < -0.39 is 0 Å². The lowest BCUT2D eigenvalue weighted by Gasteiger charge is -2.30. The summed E-state index contributed by atoms with van der Waals surface area (Å²) in [7, 11) is 0. The van der Waals surface area contributed by atoms with Gasteiger partial charge in [0.25, 0.3) is 0 Å². The van der Waals surface area contributed by atoms with Crippen molar-refractivity contribution in [1.29, 1.82) is 0 Å². The van der Waals surface area contributed by atoms with Gasteiger partial charge >= 0.3 is 0 Å². The van der Waals surface area contributed by atoms with Crippen LogP contribution in [0.2, 0.25) is 0 Å². The Morgan fingerprint density at radius 2 is 2.38 bits per heavy atom. The molecule has 1 aliphatic heterocycles. The fourth-order valence-corrected chi connectivity index (χ4v) is 3.59. The van der Waals surface area contributed by atoms with Gasteiger partial charge in [-0.05, 0) is 43.4 Å². The summed E-state index contributed by atoms with van der Waals surface area (Å²) in [6.45, 7) is 6.09. The Morgan fingerprint density at radius 3 is 3.19 bits per heavy atom. The SMILES string of the molecule is Cc1ccc2nc(SCC(=O)N3CCC[C@H](C)C3)[nH]c2c1. The predicted molar refractivity (Wildman–Crippen MR) is 86.5 cm³/mol. The number of carbonyl (C=O) groups is 1. The van der Waals surface area contributed by atoms with E-state index in [1.807, 2.05) is 11.0 Å². The van der Waals surface area contributed by atoms with Gasteiger partial charge in [-0.15, -0.1) is 0 Å². The lowest BCUT2D eigenvalue weighted by atomic mass is 10.0. The molecule has 1 aliphatic rings. The molecule has 0 aliphatic carbocycles. The summed E-state index contributed by atoms with van der Waals surface area (Å²) >= 11 is 1.50. The first-order valence-corrected chi connectivity index (χ1v) is 8.47. The minimum atomic E-state index is 0.225. The molecule has 21 heavy (non-hydrogen) atoms. The molecule has 1 N–H and O–H groups in total. The maximum absolute atomic E-state index is 12.2. The number of rotatable bonds is 3. The van der Waals surface area contributed by atoms with Gasteiger partial charge in [-0.2, -0.15) is 0 Å². The Labute approximate surface area is 129 Å². The van der Waals surface area contributed by atoms with E-state index in [4.69, 9.17) is 0 Å². The molecule has 1 atom stereocenters. The second kappa shape index (κ2) is 6.10. The van der Waals surface area contributed by atoms with Crippen LogP contribution in [-0.4, -0.2) is 39.6 Å². The summed E-state index contributed by atoms with van der Waals surface area (Å²) in [5, 5.41) is 0.828. The van der Waals surface area contributed by atoms with Crippen LogP contribution in [-0.2, 0) is 4.79 Å². The third-order valence-corrected chi connectivity index (χ3v) is 4.82. The number of carbonyl (C=O) groups excluding carboxylic acids is 1. The van der Waals surface area contributed by atoms with Gasteiger partial charge in [0.2, 0.25) is 5.91 Å². The number of hydrogen-bond donors (Lipinski definition) is 1. The Bertz CT molecular complexity index is 652. The van der Waals surface area contributed by atoms with Crippen molar-refractivity contribution in [2.45, 2.75) is 31.8 Å². The number of piperidine rings is 1. The fourth-order valence-electron chi connectivity index (χ4n) is 2.81. The number of likely N-dealkylation sites (tertiary alicyclic amines) is 1. The van der Waals surface area contributed by atoms with Crippen LogP contribution in [0.25, 0.3) is 11.0 Å². The predicted octanol–water partition coefficient (Wildman–Crippen LogP) is 3.22.